The van der Waals surface area contributed by atoms with Gasteiger partial charge in [-0.3, -0.25) is 4.57 Å². The molecule has 1 N–H and O–H groups in total. The highest BCUT2D eigenvalue weighted by Crippen LogP contribution is 2.57. The zero-order valence-corrected chi connectivity index (χ0v) is 10.2. The van der Waals surface area contributed by atoms with Gasteiger partial charge >= 0.3 is 0 Å². The van der Waals surface area contributed by atoms with Crippen LogP contribution in [-0.4, -0.2) is 30.1 Å². The Bertz CT molecular complexity index is 227. The minimum atomic E-state index is -2.41. The van der Waals surface area contributed by atoms with E-state index in [0.717, 1.165) is 6.42 Å². The molecule has 3 nitrogen and oxygen atoms in total. The van der Waals surface area contributed by atoms with Crippen molar-refractivity contribution in [1.82, 2.24) is 0 Å². The molecule has 1 aliphatic heterocycles. The lowest BCUT2D eigenvalue weighted by atomic mass is 9.96. The van der Waals surface area contributed by atoms with E-state index in [1.807, 2.05) is 0 Å². The standard InChI is InChI=1S/C10H21O3P/c1-8(2)10-4-5-14(12,7-10)13-9(3)6-11/h8-11H,4-7H2,1-3H3/t9?,10-,14?/m0/s1. The van der Waals surface area contributed by atoms with E-state index in [4.69, 9.17) is 9.63 Å². The van der Waals surface area contributed by atoms with Crippen molar-refractivity contribution in [3.63, 3.8) is 0 Å². The molecule has 0 aromatic heterocycles. The summed E-state index contributed by atoms with van der Waals surface area (Å²) >= 11 is 0. The van der Waals surface area contributed by atoms with Crippen LogP contribution in [0.2, 0.25) is 0 Å². The van der Waals surface area contributed by atoms with E-state index < -0.39 is 7.37 Å². The van der Waals surface area contributed by atoms with Gasteiger partial charge in [-0.15, -0.1) is 0 Å². The molecule has 1 saturated heterocycles. The maximum atomic E-state index is 12.2. The van der Waals surface area contributed by atoms with Crippen molar-refractivity contribution in [2.75, 3.05) is 18.9 Å². The Kier molecular flexibility index (Phi) is 4.17. The summed E-state index contributed by atoms with van der Waals surface area (Å²) in [4.78, 5) is 0. The number of hydrogen-bond acceptors (Lipinski definition) is 3. The maximum Gasteiger partial charge on any atom is 0.203 e. The summed E-state index contributed by atoms with van der Waals surface area (Å²) in [5.74, 6) is 1.12. The normalized spacial score (nSPS) is 35.1. The Hall–Kier alpha value is 0.150. The second-order valence-corrected chi connectivity index (χ2v) is 7.26. The third-order valence-corrected chi connectivity index (χ3v) is 5.63. The van der Waals surface area contributed by atoms with Crippen molar-refractivity contribution in [3.8, 4) is 0 Å². The third-order valence-electron chi connectivity index (χ3n) is 2.93. The molecule has 2 unspecified atom stereocenters. The molecule has 4 heteroatoms. The molecule has 0 aromatic rings. The highest BCUT2D eigenvalue weighted by Gasteiger charge is 2.37. The van der Waals surface area contributed by atoms with Crippen LogP contribution in [0.15, 0.2) is 0 Å². The van der Waals surface area contributed by atoms with Crippen molar-refractivity contribution in [2.24, 2.45) is 11.8 Å². The topological polar surface area (TPSA) is 46.5 Å². The third kappa shape index (κ3) is 3.08. The van der Waals surface area contributed by atoms with E-state index >= 15 is 0 Å². The first-order valence-corrected chi connectivity index (χ1v) is 7.33. The highest BCUT2D eigenvalue weighted by molar-refractivity contribution is 7.59. The fourth-order valence-corrected chi connectivity index (χ4v) is 5.04. The second-order valence-electron chi connectivity index (χ2n) is 4.61. The molecule has 0 aliphatic carbocycles. The van der Waals surface area contributed by atoms with Crippen LogP contribution in [0.25, 0.3) is 0 Å². The van der Waals surface area contributed by atoms with E-state index in [1.54, 1.807) is 6.92 Å². The van der Waals surface area contributed by atoms with Gasteiger partial charge in [-0.2, -0.15) is 0 Å². The molecule has 0 spiro atoms. The SMILES string of the molecule is CC(CO)OP1(=O)CC[C@H](C(C)C)C1. The summed E-state index contributed by atoms with van der Waals surface area (Å²) in [6.07, 6.45) is 2.12. The predicted molar refractivity (Wildman–Crippen MR) is 57.9 cm³/mol. The van der Waals surface area contributed by atoms with Gasteiger partial charge in [0.1, 0.15) is 0 Å². The van der Waals surface area contributed by atoms with Gasteiger partial charge in [0.05, 0.1) is 12.7 Å². The summed E-state index contributed by atoms with van der Waals surface area (Å²) < 4.78 is 17.6. The van der Waals surface area contributed by atoms with E-state index in [-0.39, 0.29) is 12.7 Å². The van der Waals surface area contributed by atoms with E-state index in [1.165, 1.54) is 0 Å². The van der Waals surface area contributed by atoms with Gasteiger partial charge in [0, 0.05) is 12.3 Å². The molecule has 0 bridgehead atoms. The van der Waals surface area contributed by atoms with Gasteiger partial charge in [0.15, 0.2) is 0 Å². The van der Waals surface area contributed by atoms with Crippen LogP contribution in [0, 0.1) is 11.8 Å². The monoisotopic (exact) mass is 220 g/mol. The van der Waals surface area contributed by atoms with Gasteiger partial charge in [-0.1, -0.05) is 13.8 Å². The fourth-order valence-electron chi connectivity index (χ4n) is 1.90. The average molecular weight is 220 g/mol. The largest absolute Gasteiger partial charge is 0.394 e. The molecule has 1 aliphatic rings. The average Bonchev–Trinajstić information content (AvgIpc) is 2.47. The molecule has 84 valence electrons. The van der Waals surface area contributed by atoms with Gasteiger partial charge in [0.25, 0.3) is 0 Å². The number of hydrogen-bond donors (Lipinski definition) is 1. The van der Waals surface area contributed by atoms with Crippen molar-refractivity contribution in [3.05, 3.63) is 0 Å². The van der Waals surface area contributed by atoms with Crippen molar-refractivity contribution in [2.45, 2.75) is 33.3 Å². The molecule has 0 amide bonds. The molecule has 1 heterocycles. The fraction of sp³-hybridized carbons (Fsp3) is 1.00. The van der Waals surface area contributed by atoms with Gasteiger partial charge in [0.2, 0.25) is 7.37 Å². The Labute approximate surface area is 86.3 Å². The lowest BCUT2D eigenvalue weighted by Crippen LogP contribution is -2.13. The Morgan fingerprint density at radius 2 is 2.14 bits per heavy atom. The summed E-state index contributed by atoms with van der Waals surface area (Å²) in [5.41, 5.74) is 0. The maximum absolute atomic E-state index is 12.2. The summed E-state index contributed by atoms with van der Waals surface area (Å²) in [6, 6.07) is 0. The lowest BCUT2D eigenvalue weighted by Gasteiger charge is -2.18. The van der Waals surface area contributed by atoms with Crippen LogP contribution in [0.4, 0.5) is 0 Å². The van der Waals surface area contributed by atoms with Crippen LogP contribution in [0.5, 0.6) is 0 Å². The first-order valence-electron chi connectivity index (χ1n) is 5.34. The zero-order chi connectivity index (χ0) is 10.8. The molecule has 0 saturated carbocycles. The Morgan fingerprint density at radius 3 is 2.57 bits per heavy atom. The van der Waals surface area contributed by atoms with Crippen molar-refractivity contribution < 1.29 is 14.2 Å². The molecular weight excluding hydrogens is 199 g/mol. The Balaban J connectivity index is 2.49. The number of rotatable bonds is 4. The summed E-state index contributed by atoms with van der Waals surface area (Å²) in [6.45, 7) is 6.05. The van der Waals surface area contributed by atoms with Crippen molar-refractivity contribution in [1.29, 1.82) is 0 Å². The van der Waals surface area contributed by atoms with Crippen LogP contribution < -0.4 is 0 Å². The summed E-state index contributed by atoms with van der Waals surface area (Å²) in [7, 11) is -2.41. The van der Waals surface area contributed by atoms with E-state index in [2.05, 4.69) is 13.8 Å². The summed E-state index contributed by atoms with van der Waals surface area (Å²) in [5, 5.41) is 8.84. The van der Waals surface area contributed by atoms with Crippen LogP contribution >= 0.6 is 7.37 Å². The molecular formula is C10H21O3P. The number of aliphatic hydroxyl groups is 1. The predicted octanol–water partition coefficient (Wildman–Crippen LogP) is 2.34. The highest BCUT2D eigenvalue weighted by atomic mass is 31.2. The quantitative estimate of drug-likeness (QED) is 0.740. The molecule has 1 fully saturated rings. The molecule has 14 heavy (non-hydrogen) atoms. The zero-order valence-electron chi connectivity index (χ0n) is 9.27. The minimum absolute atomic E-state index is 0.0453. The minimum Gasteiger partial charge on any atom is -0.394 e. The number of aliphatic hydroxyl groups excluding tert-OH is 1. The first-order chi connectivity index (χ1) is 6.47. The molecule has 0 aromatic carbocycles. The molecule has 0 radical (unpaired) electrons. The van der Waals surface area contributed by atoms with Crippen LogP contribution in [-0.2, 0) is 9.09 Å². The van der Waals surface area contributed by atoms with Crippen molar-refractivity contribution >= 4 is 7.37 Å². The molecule has 3 atom stereocenters. The first kappa shape index (κ1) is 12.2. The molecule has 1 rings (SSSR count). The van der Waals surface area contributed by atoms with Gasteiger partial charge in [-0.25, -0.2) is 0 Å². The van der Waals surface area contributed by atoms with Crippen LogP contribution in [0.1, 0.15) is 27.2 Å². The van der Waals surface area contributed by atoms with Crippen LogP contribution in [0.3, 0.4) is 0 Å². The van der Waals surface area contributed by atoms with Gasteiger partial charge < -0.3 is 9.63 Å². The smallest absolute Gasteiger partial charge is 0.203 e. The Morgan fingerprint density at radius 1 is 1.50 bits per heavy atom. The van der Waals surface area contributed by atoms with E-state index in [9.17, 15) is 4.57 Å². The lowest BCUT2D eigenvalue weighted by molar-refractivity contribution is 0.132. The van der Waals surface area contributed by atoms with Gasteiger partial charge in [-0.05, 0) is 25.2 Å². The van der Waals surface area contributed by atoms with E-state index in [0.29, 0.717) is 24.2 Å². The second kappa shape index (κ2) is 4.78.